The van der Waals surface area contributed by atoms with Crippen LogP contribution in [0.3, 0.4) is 0 Å². The molecule has 2 heterocycles. The second-order valence-electron chi connectivity index (χ2n) is 7.69. The van der Waals surface area contributed by atoms with Gasteiger partial charge >= 0.3 is 0 Å². The highest BCUT2D eigenvalue weighted by molar-refractivity contribution is 5.90. The molecule has 5 atom stereocenters. The van der Waals surface area contributed by atoms with Crippen molar-refractivity contribution >= 4 is 11.0 Å². The Labute approximate surface area is 185 Å². The van der Waals surface area contributed by atoms with Crippen LogP contribution in [0.25, 0.3) is 22.3 Å². The largest absolute Gasteiger partial charge is 0.508 e. The third-order valence-electron chi connectivity index (χ3n) is 5.54. The zero-order chi connectivity index (χ0) is 24.0. The van der Waals surface area contributed by atoms with E-state index < -0.39 is 54.2 Å². The summed E-state index contributed by atoms with van der Waals surface area (Å²) in [6.45, 7) is 0.832. The molecule has 1 aliphatic rings. The number of fused-ring (bicyclic) bond motifs is 1. The first kappa shape index (κ1) is 22.8. The molecule has 1 aromatic heterocycles. The molecule has 1 fully saturated rings. The summed E-state index contributed by atoms with van der Waals surface area (Å²) in [5.41, 5.74) is -0.555. The van der Waals surface area contributed by atoms with E-state index in [0.717, 1.165) is 6.07 Å². The monoisotopic (exact) mass is 462 g/mol. The smallest absolute Gasteiger partial charge is 0.238 e. The molecule has 3 aromatic rings. The summed E-state index contributed by atoms with van der Waals surface area (Å²) in [5.74, 6) is -1.66. The van der Waals surface area contributed by atoms with Gasteiger partial charge in [0.2, 0.25) is 17.5 Å². The molecular weight excluding hydrogens is 440 g/mol. The lowest BCUT2D eigenvalue weighted by Gasteiger charge is -2.39. The lowest BCUT2D eigenvalue weighted by atomic mass is 9.99. The molecule has 11 heteroatoms. The SMILES string of the molecule is Cc1c(O[C@@H]2O[C@H](CO)[C@@H](O)[C@H](O)[C@@H]2O)cc(O)c2c(=O)c(O)c(-c3ccc(O)cc3)oc12. The predicted octanol–water partition coefficient (Wildman–Crippen LogP) is 0.0639. The van der Waals surface area contributed by atoms with Gasteiger partial charge in [-0.15, -0.1) is 0 Å². The zero-order valence-electron chi connectivity index (χ0n) is 17.2. The van der Waals surface area contributed by atoms with Gasteiger partial charge in [-0.25, -0.2) is 0 Å². The molecule has 2 aromatic carbocycles. The first-order valence-electron chi connectivity index (χ1n) is 9.93. The number of aliphatic hydroxyl groups excluding tert-OH is 4. The van der Waals surface area contributed by atoms with E-state index >= 15 is 0 Å². The number of aryl methyl sites for hydroxylation is 1. The van der Waals surface area contributed by atoms with Crippen LogP contribution < -0.4 is 10.2 Å². The molecule has 7 N–H and O–H groups in total. The van der Waals surface area contributed by atoms with Crippen molar-refractivity contribution in [3.63, 3.8) is 0 Å². The summed E-state index contributed by atoms with van der Waals surface area (Å²) < 4.78 is 16.7. The van der Waals surface area contributed by atoms with Crippen LogP contribution in [0.4, 0.5) is 0 Å². The van der Waals surface area contributed by atoms with Crippen molar-refractivity contribution in [2.75, 3.05) is 6.61 Å². The maximum atomic E-state index is 12.8. The normalized spacial score (nSPS) is 25.3. The van der Waals surface area contributed by atoms with Gasteiger partial charge in [0.05, 0.1) is 6.61 Å². The molecular formula is C22H22O11. The molecule has 176 valence electrons. The highest BCUT2D eigenvalue weighted by Gasteiger charge is 2.45. The molecule has 0 spiro atoms. The fourth-order valence-electron chi connectivity index (χ4n) is 3.66. The summed E-state index contributed by atoms with van der Waals surface area (Å²) in [4.78, 5) is 12.8. The Morgan fingerprint density at radius 2 is 1.67 bits per heavy atom. The average Bonchev–Trinajstić information content (AvgIpc) is 2.79. The van der Waals surface area contributed by atoms with Gasteiger partial charge in [0, 0.05) is 17.2 Å². The molecule has 11 nitrogen and oxygen atoms in total. The Morgan fingerprint density at radius 3 is 2.30 bits per heavy atom. The number of rotatable bonds is 4. The Bertz CT molecular complexity index is 1230. The second kappa shape index (κ2) is 8.54. The number of benzene rings is 2. The molecule has 33 heavy (non-hydrogen) atoms. The third kappa shape index (κ3) is 3.86. The van der Waals surface area contributed by atoms with Crippen LogP contribution in [0.5, 0.6) is 23.0 Å². The van der Waals surface area contributed by atoms with Crippen LogP contribution in [-0.4, -0.2) is 73.1 Å². The fourth-order valence-corrected chi connectivity index (χ4v) is 3.66. The van der Waals surface area contributed by atoms with E-state index in [1.54, 1.807) is 0 Å². The van der Waals surface area contributed by atoms with Gasteiger partial charge in [-0.2, -0.15) is 0 Å². The van der Waals surface area contributed by atoms with Crippen LogP contribution in [0.1, 0.15) is 5.56 Å². The van der Waals surface area contributed by atoms with Crippen molar-refractivity contribution in [2.45, 2.75) is 37.6 Å². The highest BCUT2D eigenvalue weighted by Crippen LogP contribution is 2.39. The Hall–Kier alpha value is -3.35. The van der Waals surface area contributed by atoms with E-state index in [0.29, 0.717) is 0 Å². The van der Waals surface area contributed by atoms with Crippen molar-refractivity contribution in [3.05, 3.63) is 46.1 Å². The van der Waals surface area contributed by atoms with Crippen molar-refractivity contribution in [3.8, 4) is 34.3 Å². The number of hydrogen-bond acceptors (Lipinski definition) is 11. The fraction of sp³-hybridized carbons (Fsp3) is 0.318. The van der Waals surface area contributed by atoms with E-state index in [9.17, 15) is 40.5 Å². The van der Waals surface area contributed by atoms with Crippen LogP contribution in [0, 0.1) is 6.92 Å². The maximum Gasteiger partial charge on any atom is 0.238 e. The van der Waals surface area contributed by atoms with Gasteiger partial charge in [0.15, 0.2) is 5.76 Å². The summed E-state index contributed by atoms with van der Waals surface area (Å²) in [7, 11) is 0. The Kier molecular flexibility index (Phi) is 5.91. The quantitative estimate of drug-likeness (QED) is 0.278. The zero-order valence-corrected chi connectivity index (χ0v) is 17.2. The van der Waals surface area contributed by atoms with Gasteiger partial charge in [0.1, 0.15) is 52.6 Å². The lowest BCUT2D eigenvalue weighted by Crippen LogP contribution is -2.60. The predicted molar refractivity (Wildman–Crippen MR) is 112 cm³/mol. The van der Waals surface area contributed by atoms with Crippen molar-refractivity contribution in [1.82, 2.24) is 0 Å². The van der Waals surface area contributed by atoms with Gasteiger partial charge < -0.3 is 49.6 Å². The molecule has 0 saturated carbocycles. The van der Waals surface area contributed by atoms with E-state index in [1.807, 2.05) is 0 Å². The van der Waals surface area contributed by atoms with E-state index in [2.05, 4.69) is 0 Å². The molecule has 0 unspecified atom stereocenters. The molecule has 0 radical (unpaired) electrons. The number of aromatic hydroxyl groups is 3. The number of hydrogen-bond donors (Lipinski definition) is 7. The van der Waals surface area contributed by atoms with E-state index in [4.69, 9.17) is 13.9 Å². The summed E-state index contributed by atoms with van der Waals surface area (Å²) in [6, 6.07) is 6.56. The van der Waals surface area contributed by atoms with Crippen LogP contribution >= 0.6 is 0 Å². The van der Waals surface area contributed by atoms with Gasteiger partial charge in [-0.1, -0.05) is 0 Å². The molecule has 0 bridgehead atoms. The summed E-state index contributed by atoms with van der Waals surface area (Å²) >= 11 is 0. The highest BCUT2D eigenvalue weighted by atomic mass is 16.7. The van der Waals surface area contributed by atoms with Gasteiger partial charge in [-0.3, -0.25) is 4.79 Å². The topological polar surface area (TPSA) is 190 Å². The van der Waals surface area contributed by atoms with Crippen molar-refractivity contribution < 1.29 is 49.6 Å². The summed E-state index contributed by atoms with van der Waals surface area (Å²) in [5, 5.41) is 69.4. The number of phenolic OH excluding ortho intramolecular Hbond substituents is 2. The maximum absolute atomic E-state index is 12.8. The molecule has 1 saturated heterocycles. The number of aliphatic hydroxyl groups is 4. The molecule has 1 aliphatic heterocycles. The molecule has 0 amide bonds. The second-order valence-corrected chi connectivity index (χ2v) is 7.69. The van der Waals surface area contributed by atoms with E-state index in [1.165, 1.54) is 31.2 Å². The summed E-state index contributed by atoms with van der Waals surface area (Å²) in [6.07, 6.45) is -7.69. The van der Waals surface area contributed by atoms with Gasteiger partial charge in [0.25, 0.3) is 0 Å². The minimum Gasteiger partial charge on any atom is -0.508 e. The van der Waals surface area contributed by atoms with Crippen molar-refractivity contribution in [2.24, 2.45) is 0 Å². The average molecular weight is 462 g/mol. The first-order valence-corrected chi connectivity index (χ1v) is 9.93. The number of phenols is 2. The Morgan fingerprint density at radius 1 is 1.00 bits per heavy atom. The van der Waals surface area contributed by atoms with Crippen LogP contribution in [0.15, 0.2) is 39.5 Å². The van der Waals surface area contributed by atoms with E-state index in [-0.39, 0.29) is 39.4 Å². The minimum atomic E-state index is -1.69. The third-order valence-corrected chi connectivity index (χ3v) is 5.54. The number of ether oxygens (including phenoxy) is 2. The molecule has 0 aliphatic carbocycles. The Balaban J connectivity index is 1.81. The van der Waals surface area contributed by atoms with Crippen LogP contribution in [0.2, 0.25) is 0 Å². The first-order chi connectivity index (χ1) is 15.6. The minimum absolute atomic E-state index is 0.0367. The van der Waals surface area contributed by atoms with Crippen LogP contribution in [-0.2, 0) is 4.74 Å². The lowest BCUT2D eigenvalue weighted by molar-refractivity contribution is -0.277. The van der Waals surface area contributed by atoms with Gasteiger partial charge in [-0.05, 0) is 31.2 Å². The van der Waals surface area contributed by atoms with Crippen molar-refractivity contribution in [1.29, 1.82) is 0 Å². The molecule has 4 rings (SSSR count). The standard InChI is InChI=1S/C22H22O11/c1-8-12(31-22-19(30)17(28)15(26)13(7-23)32-22)6-11(25)14-16(27)18(29)21(33-20(8)14)9-2-4-10(24)5-3-9/h2-6,13,15,17,19,22-26,28-30H,7H2,1H3/t13-,15-,17+,19+,22-/m1/s1.